The molecule has 2 aromatic rings. The molecule has 0 heterocycles. The molecule has 27 heavy (non-hydrogen) atoms. The first-order chi connectivity index (χ1) is 12.9. The number of amides is 3. The number of para-hydroxylation sites is 1. The number of imide groups is 1. The van der Waals surface area contributed by atoms with E-state index in [0.29, 0.717) is 11.4 Å². The van der Waals surface area contributed by atoms with Gasteiger partial charge in [0.05, 0.1) is 14.2 Å². The van der Waals surface area contributed by atoms with Gasteiger partial charge in [-0.3, -0.25) is 10.1 Å². The van der Waals surface area contributed by atoms with Crippen molar-refractivity contribution in [3.8, 4) is 11.5 Å². The number of rotatable bonds is 6. The summed E-state index contributed by atoms with van der Waals surface area (Å²) in [5.74, 6) is -0.840. The lowest BCUT2D eigenvalue weighted by molar-refractivity contribution is -0.127. The van der Waals surface area contributed by atoms with Gasteiger partial charge in [-0.2, -0.15) is 0 Å². The van der Waals surface area contributed by atoms with Crippen LogP contribution in [0.4, 0.5) is 10.5 Å². The van der Waals surface area contributed by atoms with Crippen LogP contribution in [0.15, 0.2) is 48.5 Å². The van der Waals surface area contributed by atoms with Crippen LogP contribution < -0.4 is 20.1 Å². The van der Waals surface area contributed by atoms with Crippen LogP contribution in [0.3, 0.4) is 0 Å². The molecule has 3 amide bonds. The first kappa shape index (κ1) is 19.8. The summed E-state index contributed by atoms with van der Waals surface area (Å²) < 4.78 is 15.3. The fourth-order valence-electron chi connectivity index (χ4n) is 2.15. The van der Waals surface area contributed by atoms with Gasteiger partial charge in [0.25, 0.3) is 5.91 Å². The zero-order chi connectivity index (χ0) is 19.8. The molecule has 2 N–H and O–H groups in total. The van der Waals surface area contributed by atoms with Gasteiger partial charge in [-0.25, -0.2) is 9.59 Å². The van der Waals surface area contributed by atoms with Crippen molar-refractivity contribution in [2.24, 2.45) is 0 Å². The predicted octanol–water partition coefficient (Wildman–Crippen LogP) is 2.60. The monoisotopic (exact) mass is 372 g/mol. The Hall–Kier alpha value is -3.55. The molecule has 0 bridgehead atoms. The molecular formula is C19H20N2O6. The van der Waals surface area contributed by atoms with Crippen molar-refractivity contribution in [3.05, 3.63) is 54.1 Å². The highest BCUT2D eigenvalue weighted by Crippen LogP contribution is 2.25. The van der Waals surface area contributed by atoms with Gasteiger partial charge in [0, 0.05) is 5.69 Å². The molecule has 0 saturated carbocycles. The van der Waals surface area contributed by atoms with E-state index in [0.717, 1.165) is 0 Å². The Morgan fingerprint density at radius 1 is 0.963 bits per heavy atom. The average molecular weight is 372 g/mol. The number of benzene rings is 2. The fraction of sp³-hybridized carbons (Fsp3) is 0.211. The van der Waals surface area contributed by atoms with E-state index in [4.69, 9.17) is 14.2 Å². The maximum absolute atomic E-state index is 12.3. The van der Waals surface area contributed by atoms with Crippen LogP contribution >= 0.6 is 0 Å². The second-order valence-electron chi connectivity index (χ2n) is 5.42. The molecule has 8 nitrogen and oxygen atoms in total. The van der Waals surface area contributed by atoms with Crippen molar-refractivity contribution in [3.63, 3.8) is 0 Å². The van der Waals surface area contributed by atoms with Crippen molar-refractivity contribution in [2.75, 3.05) is 19.5 Å². The molecule has 1 unspecified atom stereocenters. The lowest BCUT2D eigenvalue weighted by Crippen LogP contribution is -2.41. The summed E-state index contributed by atoms with van der Waals surface area (Å²) in [6.07, 6.45) is -1.20. The van der Waals surface area contributed by atoms with Crippen molar-refractivity contribution < 1.29 is 28.6 Å². The number of hydrogen-bond donors (Lipinski definition) is 2. The molecule has 2 aromatic carbocycles. The normalized spacial score (nSPS) is 11.1. The Morgan fingerprint density at radius 2 is 1.67 bits per heavy atom. The Morgan fingerprint density at radius 3 is 2.30 bits per heavy atom. The van der Waals surface area contributed by atoms with Gasteiger partial charge in [0.2, 0.25) is 0 Å². The molecule has 0 aliphatic heterocycles. The quantitative estimate of drug-likeness (QED) is 0.756. The predicted molar refractivity (Wildman–Crippen MR) is 98.0 cm³/mol. The fourth-order valence-corrected chi connectivity index (χ4v) is 2.15. The Labute approximate surface area is 156 Å². The third kappa shape index (κ3) is 5.46. The molecule has 142 valence electrons. The van der Waals surface area contributed by atoms with Crippen LogP contribution in [0.25, 0.3) is 0 Å². The van der Waals surface area contributed by atoms with Gasteiger partial charge in [-0.1, -0.05) is 18.2 Å². The first-order valence-electron chi connectivity index (χ1n) is 8.04. The Balaban J connectivity index is 1.97. The van der Waals surface area contributed by atoms with Gasteiger partial charge in [0.1, 0.15) is 17.1 Å². The summed E-state index contributed by atoms with van der Waals surface area (Å²) in [6.45, 7) is 1.36. The van der Waals surface area contributed by atoms with Crippen LogP contribution in [-0.2, 0) is 9.53 Å². The van der Waals surface area contributed by atoms with E-state index in [2.05, 4.69) is 10.6 Å². The SMILES string of the molecule is COc1ccc(OC)c(C(=O)OC(C)C(=O)NC(=O)Nc2ccccc2)c1. The maximum atomic E-state index is 12.3. The molecule has 1 atom stereocenters. The summed E-state index contributed by atoms with van der Waals surface area (Å²) in [4.78, 5) is 36.3. The summed E-state index contributed by atoms with van der Waals surface area (Å²) >= 11 is 0. The molecular weight excluding hydrogens is 352 g/mol. The molecule has 0 aromatic heterocycles. The van der Waals surface area contributed by atoms with Crippen LogP contribution in [0.1, 0.15) is 17.3 Å². The second-order valence-corrected chi connectivity index (χ2v) is 5.42. The number of carbonyl (C=O) groups is 3. The highest BCUT2D eigenvalue weighted by Gasteiger charge is 2.23. The van der Waals surface area contributed by atoms with E-state index >= 15 is 0 Å². The van der Waals surface area contributed by atoms with Crippen molar-refractivity contribution in [1.29, 1.82) is 0 Å². The lowest BCUT2D eigenvalue weighted by atomic mass is 10.2. The van der Waals surface area contributed by atoms with Crippen LogP contribution in [0.2, 0.25) is 0 Å². The topological polar surface area (TPSA) is 103 Å². The third-order valence-electron chi connectivity index (χ3n) is 3.55. The summed E-state index contributed by atoms with van der Waals surface area (Å²) in [5.41, 5.74) is 0.624. The zero-order valence-electron chi connectivity index (χ0n) is 15.1. The molecule has 8 heteroatoms. The number of carbonyl (C=O) groups excluding carboxylic acids is 3. The molecule has 0 saturated heterocycles. The minimum atomic E-state index is -1.20. The van der Waals surface area contributed by atoms with E-state index < -0.39 is 24.0 Å². The van der Waals surface area contributed by atoms with Gasteiger partial charge in [-0.05, 0) is 37.3 Å². The van der Waals surface area contributed by atoms with Gasteiger partial charge in [0.15, 0.2) is 6.10 Å². The lowest BCUT2D eigenvalue weighted by Gasteiger charge is -2.15. The Bertz CT molecular complexity index is 822. The summed E-state index contributed by atoms with van der Waals surface area (Å²) in [7, 11) is 2.86. The minimum absolute atomic E-state index is 0.102. The van der Waals surface area contributed by atoms with Crippen molar-refractivity contribution in [2.45, 2.75) is 13.0 Å². The number of hydrogen-bond acceptors (Lipinski definition) is 6. The zero-order valence-corrected chi connectivity index (χ0v) is 15.1. The summed E-state index contributed by atoms with van der Waals surface area (Å²) in [5, 5.41) is 4.61. The maximum Gasteiger partial charge on any atom is 0.342 e. The molecule has 2 rings (SSSR count). The number of urea groups is 1. The first-order valence-corrected chi connectivity index (χ1v) is 8.04. The number of nitrogens with one attached hydrogen (secondary N) is 2. The molecule has 0 aliphatic carbocycles. The van der Waals surface area contributed by atoms with Crippen LogP contribution in [0.5, 0.6) is 11.5 Å². The van der Waals surface area contributed by atoms with E-state index in [-0.39, 0.29) is 11.3 Å². The molecule has 0 spiro atoms. The van der Waals surface area contributed by atoms with Gasteiger partial charge in [-0.15, -0.1) is 0 Å². The van der Waals surface area contributed by atoms with Gasteiger partial charge < -0.3 is 19.5 Å². The highest BCUT2D eigenvalue weighted by molar-refractivity contribution is 6.03. The van der Waals surface area contributed by atoms with Crippen LogP contribution in [-0.4, -0.2) is 38.2 Å². The number of esters is 1. The van der Waals surface area contributed by atoms with Gasteiger partial charge >= 0.3 is 12.0 Å². The molecule has 0 aliphatic rings. The largest absolute Gasteiger partial charge is 0.497 e. The van der Waals surface area contributed by atoms with E-state index in [1.807, 2.05) is 0 Å². The third-order valence-corrected chi connectivity index (χ3v) is 3.55. The standard InChI is InChI=1S/C19H20N2O6/c1-12(17(22)21-19(24)20-13-7-5-4-6-8-13)27-18(23)15-11-14(25-2)9-10-16(15)26-3/h4-12H,1-3H3,(H2,20,21,22,24). The average Bonchev–Trinajstić information content (AvgIpc) is 2.67. The minimum Gasteiger partial charge on any atom is -0.497 e. The highest BCUT2D eigenvalue weighted by atomic mass is 16.5. The smallest absolute Gasteiger partial charge is 0.342 e. The second kappa shape index (κ2) is 9.23. The van der Waals surface area contributed by atoms with E-state index in [1.54, 1.807) is 42.5 Å². The van der Waals surface area contributed by atoms with Crippen LogP contribution in [0, 0.1) is 0 Å². The van der Waals surface area contributed by atoms with E-state index in [9.17, 15) is 14.4 Å². The van der Waals surface area contributed by atoms with E-state index in [1.165, 1.54) is 27.2 Å². The number of anilines is 1. The van der Waals surface area contributed by atoms with Crippen molar-refractivity contribution >= 4 is 23.6 Å². The number of methoxy groups -OCH3 is 2. The summed E-state index contributed by atoms with van der Waals surface area (Å²) in [6, 6.07) is 12.5. The Kier molecular flexibility index (Phi) is 6.76. The molecule has 0 radical (unpaired) electrons. The number of ether oxygens (including phenoxy) is 3. The molecule has 0 fully saturated rings. The van der Waals surface area contributed by atoms with Crippen molar-refractivity contribution in [1.82, 2.24) is 5.32 Å².